The van der Waals surface area contributed by atoms with Crippen LogP contribution in [0.1, 0.15) is 25.7 Å². The predicted molar refractivity (Wildman–Crippen MR) is 60.5 cm³/mol. The molecule has 2 rings (SSSR count). The Balaban J connectivity index is 2.04. The number of hydrogen-bond donors (Lipinski definition) is 3. The van der Waals surface area contributed by atoms with Gasteiger partial charge in [-0.1, -0.05) is 12.8 Å². The molecule has 0 aliphatic heterocycles. The Bertz CT molecular complexity index is 329. The number of aromatic nitrogens is 1. The Morgan fingerprint density at radius 2 is 2.20 bits per heavy atom. The number of nitrogens with two attached hydrogens (primary N) is 1. The molecule has 0 radical (unpaired) electrons. The second-order valence-electron chi connectivity index (χ2n) is 4.07. The van der Waals surface area contributed by atoms with Gasteiger partial charge in [-0.05, 0) is 18.9 Å². The number of pyridine rings is 1. The molecule has 4 heteroatoms. The fraction of sp³-hybridized carbons (Fsp3) is 0.545. The molecule has 0 amide bonds. The maximum Gasteiger partial charge on any atom is 0.0741 e. The van der Waals surface area contributed by atoms with E-state index in [9.17, 15) is 5.11 Å². The Hall–Kier alpha value is -1.29. The number of anilines is 2. The SMILES string of the molecule is Nc1cnccc1NC1CCCCC1O. The largest absolute Gasteiger partial charge is 0.396 e. The predicted octanol–water partition coefficient (Wildman–Crippen LogP) is 1.38. The normalized spacial score (nSPS) is 26.2. The first-order chi connectivity index (χ1) is 7.27. The molecule has 82 valence electrons. The van der Waals surface area contributed by atoms with E-state index >= 15 is 0 Å². The van der Waals surface area contributed by atoms with Crippen molar-refractivity contribution < 1.29 is 5.11 Å². The number of nitrogens with zero attached hydrogens (tertiary/aromatic N) is 1. The molecule has 4 nitrogen and oxygen atoms in total. The van der Waals surface area contributed by atoms with Crippen molar-refractivity contribution in [2.24, 2.45) is 0 Å². The maximum atomic E-state index is 9.80. The van der Waals surface area contributed by atoms with Crippen LogP contribution in [0, 0.1) is 0 Å². The lowest BCUT2D eigenvalue weighted by Crippen LogP contribution is -2.36. The van der Waals surface area contributed by atoms with Crippen LogP contribution in [0.4, 0.5) is 11.4 Å². The molecular formula is C11H17N3O. The van der Waals surface area contributed by atoms with Crippen LogP contribution in [0.15, 0.2) is 18.5 Å². The zero-order valence-corrected chi connectivity index (χ0v) is 8.69. The maximum absolute atomic E-state index is 9.80. The molecule has 1 heterocycles. The highest BCUT2D eigenvalue weighted by atomic mass is 16.3. The molecule has 4 N–H and O–H groups in total. The molecule has 0 saturated heterocycles. The Kier molecular flexibility index (Phi) is 3.06. The van der Waals surface area contributed by atoms with E-state index in [-0.39, 0.29) is 12.1 Å². The number of aliphatic hydroxyl groups excluding tert-OH is 1. The molecule has 1 aromatic rings. The number of aliphatic hydroxyl groups is 1. The topological polar surface area (TPSA) is 71.2 Å². The van der Waals surface area contributed by atoms with Crippen LogP contribution in [0.3, 0.4) is 0 Å². The fourth-order valence-electron chi connectivity index (χ4n) is 2.02. The molecule has 1 aliphatic carbocycles. The van der Waals surface area contributed by atoms with Crippen molar-refractivity contribution >= 4 is 11.4 Å². The van der Waals surface area contributed by atoms with E-state index in [1.165, 1.54) is 6.42 Å². The van der Waals surface area contributed by atoms with E-state index in [2.05, 4.69) is 10.3 Å². The molecular weight excluding hydrogens is 190 g/mol. The Morgan fingerprint density at radius 3 is 2.93 bits per heavy atom. The third kappa shape index (κ3) is 2.39. The van der Waals surface area contributed by atoms with Crippen LogP contribution < -0.4 is 11.1 Å². The zero-order valence-electron chi connectivity index (χ0n) is 8.69. The number of nitrogen functional groups attached to an aromatic ring is 1. The van der Waals surface area contributed by atoms with Crippen LogP contribution in [0.25, 0.3) is 0 Å². The van der Waals surface area contributed by atoms with Gasteiger partial charge in [-0.2, -0.15) is 0 Å². The summed E-state index contributed by atoms with van der Waals surface area (Å²) in [5.41, 5.74) is 7.28. The average molecular weight is 207 g/mol. The summed E-state index contributed by atoms with van der Waals surface area (Å²) in [5, 5.41) is 13.1. The average Bonchev–Trinajstić information content (AvgIpc) is 2.24. The lowest BCUT2D eigenvalue weighted by Gasteiger charge is -2.29. The van der Waals surface area contributed by atoms with E-state index in [0.717, 1.165) is 24.9 Å². The minimum Gasteiger partial charge on any atom is -0.396 e. The third-order valence-corrected chi connectivity index (χ3v) is 2.92. The van der Waals surface area contributed by atoms with Gasteiger partial charge in [-0.3, -0.25) is 4.98 Å². The molecule has 0 bridgehead atoms. The second kappa shape index (κ2) is 4.49. The minimum atomic E-state index is -0.258. The van der Waals surface area contributed by atoms with Crippen molar-refractivity contribution in [1.82, 2.24) is 4.98 Å². The van der Waals surface area contributed by atoms with E-state index in [4.69, 9.17) is 5.73 Å². The Labute approximate surface area is 89.5 Å². The van der Waals surface area contributed by atoms with Gasteiger partial charge >= 0.3 is 0 Å². The summed E-state index contributed by atoms with van der Waals surface area (Å²) in [7, 11) is 0. The third-order valence-electron chi connectivity index (χ3n) is 2.92. The fourth-order valence-corrected chi connectivity index (χ4v) is 2.02. The van der Waals surface area contributed by atoms with Gasteiger partial charge in [0.25, 0.3) is 0 Å². The highest BCUT2D eigenvalue weighted by Crippen LogP contribution is 2.24. The van der Waals surface area contributed by atoms with Crippen molar-refractivity contribution in [1.29, 1.82) is 0 Å². The number of rotatable bonds is 2. The summed E-state index contributed by atoms with van der Waals surface area (Å²) in [6, 6.07) is 1.97. The van der Waals surface area contributed by atoms with Crippen LogP contribution in [0.5, 0.6) is 0 Å². The highest BCUT2D eigenvalue weighted by molar-refractivity contribution is 5.64. The standard InChI is InChI=1S/C11H17N3O/c12-8-7-13-6-5-9(8)14-10-3-1-2-4-11(10)15/h5-7,10-11,15H,1-4,12H2,(H,13,14). The highest BCUT2D eigenvalue weighted by Gasteiger charge is 2.22. The molecule has 1 aliphatic rings. The molecule has 0 aromatic carbocycles. The van der Waals surface area contributed by atoms with Crippen molar-refractivity contribution in [3.63, 3.8) is 0 Å². The second-order valence-corrected chi connectivity index (χ2v) is 4.07. The molecule has 2 atom stereocenters. The van der Waals surface area contributed by atoms with Gasteiger partial charge in [0, 0.05) is 6.20 Å². The molecule has 1 saturated carbocycles. The summed E-state index contributed by atoms with van der Waals surface area (Å²) >= 11 is 0. The number of nitrogens with one attached hydrogen (secondary N) is 1. The lowest BCUT2D eigenvalue weighted by atomic mass is 9.92. The van der Waals surface area contributed by atoms with Gasteiger partial charge in [-0.25, -0.2) is 0 Å². The first kappa shape index (κ1) is 10.2. The first-order valence-corrected chi connectivity index (χ1v) is 5.41. The van der Waals surface area contributed by atoms with Crippen LogP contribution in [-0.2, 0) is 0 Å². The van der Waals surface area contributed by atoms with Crippen LogP contribution in [-0.4, -0.2) is 22.2 Å². The molecule has 15 heavy (non-hydrogen) atoms. The van der Waals surface area contributed by atoms with Gasteiger partial charge in [0.1, 0.15) is 0 Å². The molecule has 0 spiro atoms. The summed E-state index contributed by atoms with van der Waals surface area (Å²) in [6.07, 6.45) is 7.23. The van der Waals surface area contributed by atoms with Gasteiger partial charge in [0.15, 0.2) is 0 Å². The first-order valence-electron chi connectivity index (χ1n) is 5.41. The van der Waals surface area contributed by atoms with Gasteiger partial charge in [0.2, 0.25) is 0 Å². The molecule has 2 unspecified atom stereocenters. The minimum absolute atomic E-state index is 0.128. The van der Waals surface area contributed by atoms with Crippen molar-refractivity contribution in [3.05, 3.63) is 18.5 Å². The van der Waals surface area contributed by atoms with Crippen molar-refractivity contribution in [3.8, 4) is 0 Å². The number of hydrogen-bond acceptors (Lipinski definition) is 4. The summed E-state index contributed by atoms with van der Waals surface area (Å²) in [6.45, 7) is 0. The lowest BCUT2D eigenvalue weighted by molar-refractivity contribution is 0.116. The van der Waals surface area contributed by atoms with Gasteiger partial charge in [-0.15, -0.1) is 0 Å². The smallest absolute Gasteiger partial charge is 0.0741 e. The van der Waals surface area contributed by atoms with Gasteiger partial charge in [0.05, 0.1) is 29.7 Å². The van der Waals surface area contributed by atoms with Crippen molar-refractivity contribution in [2.45, 2.75) is 37.8 Å². The van der Waals surface area contributed by atoms with Crippen LogP contribution >= 0.6 is 0 Å². The molecule has 1 fully saturated rings. The monoisotopic (exact) mass is 207 g/mol. The van der Waals surface area contributed by atoms with E-state index in [0.29, 0.717) is 5.69 Å². The summed E-state index contributed by atoms with van der Waals surface area (Å²) in [5.74, 6) is 0. The van der Waals surface area contributed by atoms with E-state index in [1.54, 1.807) is 12.4 Å². The summed E-state index contributed by atoms with van der Waals surface area (Å²) < 4.78 is 0. The van der Waals surface area contributed by atoms with E-state index in [1.807, 2.05) is 6.07 Å². The van der Waals surface area contributed by atoms with Gasteiger partial charge < -0.3 is 16.2 Å². The quantitative estimate of drug-likeness (QED) is 0.685. The molecule has 1 aromatic heterocycles. The Morgan fingerprint density at radius 1 is 1.40 bits per heavy atom. The van der Waals surface area contributed by atoms with E-state index < -0.39 is 0 Å². The zero-order chi connectivity index (χ0) is 10.7. The summed E-state index contributed by atoms with van der Waals surface area (Å²) in [4.78, 5) is 3.93. The van der Waals surface area contributed by atoms with Crippen LogP contribution in [0.2, 0.25) is 0 Å². The van der Waals surface area contributed by atoms with Crippen molar-refractivity contribution in [2.75, 3.05) is 11.1 Å².